The smallest absolute Gasteiger partial charge is 0.261 e. The second-order valence-electron chi connectivity index (χ2n) is 7.98. The molecule has 8 heteroatoms. The maximum atomic E-state index is 12.6. The van der Waals surface area contributed by atoms with Gasteiger partial charge in [-0.15, -0.1) is 11.8 Å². The average molecular weight is 519 g/mol. The first kappa shape index (κ1) is 25.3. The molecule has 0 fully saturated rings. The van der Waals surface area contributed by atoms with Gasteiger partial charge < -0.3 is 10.1 Å². The lowest BCUT2D eigenvalue weighted by Crippen LogP contribution is -2.14. The lowest BCUT2D eigenvalue weighted by atomic mass is 10.2. The number of hydrogen-bond acceptors (Lipinski definition) is 5. The molecule has 0 aliphatic heterocycles. The normalized spacial score (nSPS) is 11.0. The third-order valence-electron chi connectivity index (χ3n) is 5.21. The maximum absolute atomic E-state index is 12.6. The molecule has 4 rings (SSSR count). The first-order valence-corrected chi connectivity index (χ1v) is 13.8. The average Bonchev–Trinajstić information content (AvgIpc) is 2.89. The van der Waals surface area contributed by atoms with E-state index in [-0.39, 0.29) is 10.8 Å². The molecule has 0 unspecified atom stereocenters. The van der Waals surface area contributed by atoms with Crippen LogP contribution in [0, 0.1) is 6.92 Å². The number of nitrogens with one attached hydrogen (secondary N) is 2. The first-order chi connectivity index (χ1) is 17.4. The van der Waals surface area contributed by atoms with E-state index in [1.165, 1.54) is 17.0 Å². The number of rotatable bonds is 10. The molecule has 184 valence electrons. The molecule has 0 bridgehead atoms. The van der Waals surface area contributed by atoms with E-state index >= 15 is 0 Å². The summed E-state index contributed by atoms with van der Waals surface area (Å²) in [6.07, 6.45) is 0. The van der Waals surface area contributed by atoms with E-state index < -0.39 is 10.0 Å². The SMILES string of the molecule is Cc1ccc(NS(=O)(=O)c2ccc(NC(=O)c3ccc(OCCSc4ccccc4)cc3)cc2)cc1. The van der Waals surface area contributed by atoms with Crippen LogP contribution in [0.4, 0.5) is 11.4 Å². The highest BCUT2D eigenvalue weighted by molar-refractivity contribution is 7.99. The Morgan fingerprint density at radius 2 is 1.44 bits per heavy atom. The Morgan fingerprint density at radius 1 is 0.806 bits per heavy atom. The summed E-state index contributed by atoms with van der Waals surface area (Å²) in [5.74, 6) is 1.21. The maximum Gasteiger partial charge on any atom is 0.261 e. The number of thioether (sulfide) groups is 1. The Balaban J connectivity index is 1.28. The second kappa shape index (κ2) is 11.8. The van der Waals surface area contributed by atoms with E-state index in [0.717, 1.165) is 11.3 Å². The van der Waals surface area contributed by atoms with Crippen LogP contribution in [0.1, 0.15) is 15.9 Å². The fourth-order valence-corrected chi connectivity index (χ4v) is 5.11. The van der Waals surface area contributed by atoms with Crippen LogP contribution in [0.15, 0.2) is 113 Å². The molecular formula is C28H26N2O4S2. The lowest BCUT2D eigenvalue weighted by Gasteiger charge is -2.10. The fourth-order valence-electron chi connectivity index (χ4n) is 3.29. The summed E-state index contributed by atoms with van der Waals surface area (Å²) >= 11 is 1.72. The highest BCUT2D eigenvalue weighted by atomic mass is 32.2. The van der Waals surface area contributed by atoms with E-state index in [0.29, 0.717) is 29.3 Å². The van der Waals surface area contributed by atoms with Crippen LogP contribution in [-0.4, -0.2) is 26.7 Å². The van der Waals surface area contributed by atoms with Gasteiger partial charge in [-0.2, -0.15) is 0 Å². The van der Waals surface area contributed by atoms with Crippen LogP contribution in [0.25, 0.3) is 0 Å². The minimum atomic E-state index is -3.73. The van der Waals surface area contributed by atoms with Crippen LogP contribution in [0.5, 0.6) is 5.75 Å². The molecule has 4 aromatic carbocycles. The van der Waals surface area contributed by atoms with Crippen molar-refractivity contribution in [1.29, 1.82) is 0 Å². The summed E-state index contributed by atoms with van der Waals surface area (Å²) in [5, 5.41) is 2.78. The number of carbonyl (C=O) groups is 1. The Morgan fingerprint density at radius 3 is 2.11 bits per heavy atom. The highest BCUT2D eigenvalue weighted by Gasteiger charge is 2.14. The first-order valence-electron chi connectivity index (χ1n) is 11.3. The van der Waals surface area contributed by atoms with E-state index in [2.05, 4.69) is 22.2 Å². The Kier molecular flexibility index (Phi) is 8.30. The molecule has 0 aromatic heterocycles. The number of ether oxygens (including phenoxy) is 1. The molecule has 1 amide bonds. The van der Waals surface area contributed by atoms with Crippen molar-refractivity contribution >= 4 is 39.1 Å². The van der Waals surface area contributed by atoms with Crippen molar-refractivity contribution in [2.24, 2.45) is 0 Å². The van der Waals surface area contributed by atoms with Gasteiger partial charge in [-0.25, -0.2) is 8.42 Å². The molecular weight excluding hydrogens is 492 g/mol. The summed E-state index contributed by atoms with van der Waals surface area (Å²) in [6, 6.07) is 30.1. The van der Waals surface area contributed by atoms with Crippen molar-refractivity contribution in [1.82, 2.24) is 0 Å². The second-order valence-corrected chi connectivity index (χ2v) is 10.8. The molecule has 0 radical (unpaired) electrons. The van der Waals surface area contributed by atoms with Crippen molar-refractivity contribution in [2.75, 3.05) is 22.4 Å². The number of aryl methyl sites for hydroxylation is 1. The van der Waals surface area contributed by atoms with E-state index in [4.69, 9.17) is 4.74 Å². The van der Waals surface area contributed by atoms with Gasteiger partial charge in [0.2, 0.25) is 0 Å². The fraction of sp³-hybridized carbons (Fsp3) is 0.107. The molecule has 0 atom stereocenters. The Bertz CT molecular complexity index is 1390. The van der Waals surface area contributed by atoms with Crippen molar-refractivity contribution in [2.45, 2.75) is 16.7 Å². The largest absolute Gasteiger partial charge is 0.493 e. The molecule has 4 aromatic rings. The third kappa shape index (κ3) is 7.13. The van der Waals surface area contributed by atoms with Gasteiger partial charge in [0.1, 0.15) is 5.75 Å². The molecule has 0 spiro atoms. The van der Waals surface area contributed by atoms with E-state index in [1.54, 1.807) is 60.3 Å². The zero-order valence-electron chi connectivity index (χ0n) is 19.7. The molecule has 0 saturated heterocycles. The molecule has 6 nitrogen and oxygen atoms in total. The number of sulfonamides is 1. The van der Waals surface area contributed by atoms with Gasteiger partial charge in [0.15, 0.2) is 0 Å². The standard InChI is InChI=1S/C28H26N2O4S2/c1-21-7-11-24(12-8-21)30-36(32,33)27-17-13-23(14-18-27)29-28(31)22-9-15-25(16-10-22)34-19-20-35-26-5-3-2-4-6-26/h2-18,30H,19-20H2,1H3,(H,29,31). The van der Waals surface area contributed by atoms with Crippen LogP contribution >= 0.6 is 11.8 Å². The predicted molar refractivity (Wildman–Crippen MR) is 145 cm³/mol. The van der Waals surface area contributed by atoms with Gasteiger partial charge in [0.05, 0.1) is 11.5 Å². The van der Waals surface area contributed by atoms with Crippen LogP contribution in [0.2, 0.25) is 0 Å². The highest BCUT2D eigenvalue weighted by Crippen LogP contribution is 2.21. The third-order valence-corrected chi connectivity index (χ3v) is 7.58. The molecule has 0 aliphatic carbocycles. The number of anilines is 2. The van der Waals surface area contributed by atoms with E-state index in [1.807, 2.05) is 37.3 Å². The van der Waals surface area contributed by atoms with Gasteiger partial charge in [0, 0.05) is 27.6 Å². The Hall–Kier alpha value is -3.75. The zero-order chi connectivity index (χ0) is 25.4. The number of hydrogen-bond donors (Lipinski definition) is 2. The van der Waals surface area contributed by atoms with Crippen LogP contribution in [-0.2, 0) is 10.0 Å². The number of carbonyl (C=O) groups excluding carboxylic acids is 1. The number of amides is 1. The Labute approximate surface area is 215 Å². The van der Waals surface area contributed by atoms with Gasteiger partial charge in [-0.1, -0.05) is 35.9 Å². The predicted octanol–water partition coefficient (Wildman–Crippen LogP) is 6.22. The minimum Gasteiger partial charge on any atom is -0.493 e. The van der Waals surface area contributed by atoms with E-state index in [9.17, 15) is 13.2 Å². The van der Waals surface area contributed by atoms with Crippen molar-refractivity contribution < 1.29 is 17.9 Å². The van der Waals surface area contributed by atoms with Gasteiger partial charge in [0.25, 0.3) is 15.9 Å². The minimum absolute atomic E-state index is 0.105. The van der Waals surface area contributed by atoms with Crippen LogP contribution < -0.4 is 14.8 Å². The van der Waals surface area contributed by atoms with Gasteiger partial charge in [-0.3, -0.25) is 9.52 Å². The molecule has 0 heterocycles. The summed E-state index contributed by atoms with van der Waals surface area (Å²) in [7, 11) is -3.73. The summed E-state index contributed by atoms with van der Waals surface area (Å²) in [5.41, 5.74) is 2.49. The van der Waals surface area contributed by atoms with Crippen LogP contribution in [0.3, 0.4) is 0 Å². The van der Waals surface area contributed by atoms with Crippen molar-refractivity contribution in [3.05, 3.63) is 114 Å². The van der Waals surface area contributed by atoms with Crippen molar-refractivity contribution in [3.63, 3.8) is 0 Å². The molecule has 2 N–H and O–H groups in total. The van der Waals surface area contributed by atoms with Gasteiger partial charge in [-0.05, 0) is 79.7 Å². The number of benzene rings is 4. The quantitative estimate of drug-likeness (QED) is 0.192. The summed E-state index contributed by atoms with van der Waals surface area (Å²) in [4.78, 5) is 13.9. The van der Waals surface area contributed by atoms with Crippen molar-refractivity contribution in [3.8, 4) is 5.75 Å². The summed E-state index contributed by atoms with van der Waals surface area (Å²) in [6.45, 7) is 2.49. The molecule has 36 heavy (non-hydrogen) atoms. The molecule has 0 saturated carbocycles. The summed E-state index contributed by atoms with van der Waals surface area (Å²) < 4.78 is 33.6. The lowest BCUT2D eigenvalue weighted by molar-refractivity contribution is 0.102. The van der Waals surface area contributed by atoms with Gasteiger partial charge >= 0.3 is 0 Å². The molecule has 0 aliphatic rings. The zero-order valence-corrected chi connectivity index (χ0v) is 21.3. The topological polar surface area (TPSA) is 84.5 Å². The monoisotopic (exact) mass is 518 g/mol.